The quantitative estimate of drug-likeness (QED) is 0.152. The third-order valence-corrected chi connectivity index (χ3v) is 3.58. The van der Waals surface area contributed by atoms with E-state index in [4.69, 9.17) is 21.1 Å². The van der Waals surface area contributed by atoms with Gasteiger partial charge in [-0.1, -0.05) is 0 Å². The summed E-state index contributed by atoms with van der Waals surface area (Å²) >= 11 is 0. The molecular formula is C15H24N4O10. The summed E-state index contributed by atoms with van der Waals surface area (Å²) in [4.78, 5) is 68.6. The van der Waals surface area contributed by atoms with E-state index in [1.54, 1.807) is 0 Å². The molecule has 164 valence electrons. The number of aliphatic carboxylic acids is 3. The average molecular weight is 420 g/mol. The average Bonchev–Trinajstić information content (AvgIpc) is 2.58. The van der Waals surface area contributed by atoms with Crippen molar-refractivity contribution in [3.8, 4) is 0 Å². The van der Waals surface area contributed by atoms with Crippen LogP contribution in [0.1, 0.15) is 26.7 Å². The van der Waals surface area contributed by atoms with Crippen molar-refractivity contribution in [3.63, 3.8) is 0 Å². The Kier molecular flexibility index (Phi) is 10.3. The fraction of sp³-hybridized carbons (Fsp3) is 0.600. The minimum Gasteiger partial charge on any atom is -0.481 e. The molecule has 0 saturated carbocycles. The summed E-state index contributed by atoms with van der Waals surface area (Å²) in [6.45, 7) is 2.34. The fourth-order valence-electron chi connectivity index (χ4n) is 1.92. The van der Waals surface area contributed by atoms with E-state index in [1.807, 2.05) is 10.6 Å². The normalized spacial score (nSPS) is 15.7. The molecule has 0 radical (unpaired) electrons. The summed E-state index contributed by atoms with van der Waals surface area (Å²) in [5, 5.41) is 41.8. The molecule has 0 rings (SSSR count). The van der Waals surface area contributed by atoms with Crippen molar-refractivity contribution in [2.45, 2.75) is 57.0 Å². The van der Waals surface area contributed by atoms with E-state index in [0.717, 1.165) is 6.92 Å². The van der Waals surface area contributed by atoms with Gasteiger partial charge in [-0.2, -0.15) is 0 Å². The van der Waals surface area contributed by atoms with E-state index in [0.29, 0.717) is 0 Å². The van der Waals surface area contributed by atoms with Crippen molar-refractivity contribution in [3.05, 3.63) is 0 Å². The first-order valence-electron chi connectivity index (χ1n) is 8.27. The highest BCUT2D eigenvalue weighted by molar-refractivity contribution is 5.95. The van der Waals surface area contributed by atoms with Crippen molar-refractivity contribution in [1.82, 2.24) is 16.0 Å². The molecule has 14 nitrogen and oxygen atoms in total. The first-order chi connectivity index (χ1) is 13.3. The molecule has 0 aromatic rings. The van der Waals surface area contributed by atoms with Crippen LogP contribution >= 0.6 is 0 Å². The number of carboxylic acids is 3. The van der Waals surface area contributed by atoms with E-state index >= 15 is 0 Å². The third kappa shape index (κ3) is 9.48. The molecule has 0 spiro atoms. The summed E-state index contributed by atoms with van der Waals surface area (Å²) in [7, 11) is 0. The molecule has 14 heteroatoms. The van der Waals surface area contributed by atoms with Crippen LogP contribution in [0, 0.1) is 0 Å². The summed E-state index contributed by atoms with van der Waals surface area (Å²) < 4.78 is 0. The van der Waals surface area contributed by atoms with Gasteiger partial charge < -0.3 is 42.1 Å². The number of carbonyl (C=O) groups is 6. The molecule has 0 aliphatic rings. The lowest BCUT2D eigenvalue weighted by Gasteiger charge is -2.23. The van der Waals surface area contributed by atoms with Crippen LogP contribution in [-0.2, 0) is 28.8 Å². The second-order valence-corrected chi connectivity index (χ2v) is 6.15. The Morgan fingerprint density at radius 1 is 0.759 bits per heavy atom. The molecule has 0 heterocycles. The Morgan fingerprint density at radius 2 is 1.21 bits per heavy atom. The second-order valence-electron chi connectivity index (χ2n) is 6.15. The number of carbonyl (C=O) groups excluding carboxylic acids is 3. The molecule has 5 unspecified atom stereocenters. The zero-order valence-electron chi connectivity index (χ0n) is 15.6. The molecule has 29 heavy (non-hydrogen) atoms. The molecule has 9 N–H and O–H groups in total. The first-order valence-corrected chi connectivity index (χ1v) is 8.27. The van der Waals surface area contributed by atoms with Crippen LogP contribution in [0.2, 0.25) is 0 Å². The van der Waals surface area contributed by atoms with Crippen molar-refractivity contribution >= 4 is 35.6 Å². The van der Waals surface area contributed by atoms with Crippen molar-refractivity contribution in [1.29, 1.82) is 0 Å². The number of hydrogen-bond acceptors (Lipinski definition) is 8. The predicted octanol–water partition coefficient (Wildman–Crippen LogP) is -3.80. The molecule has 0 bridgehead atoms. The van der Waals surface area contributed by atoms with Gasteiger partial charge >= 0.3 is 17.9 Å². The minimum atomic E-state index is -1.75. The summed E-state index contributed by atoms with van der Waals surface area (Å²) in [5.74, 6) is -7.69. The van der Waals surface area contributed by atoms with Crippen LogP contribution in [0.3, 0.4) is 0 Å². The number of carboxylic acid groups (broad SMARTS) is 3. The maximum Gasteiger partial charge on any atom is 0.326 e. The number of aliphatic hydroxyl groups excluding tert-OH is 1. The van der Waals surface area contributed by atoms with E-state index in [-0.39, 0.29) is 0 Å². The highest BCUT2D eigenvalue weighted by atomic mass is 16.4. The van der Waals surface area contributed by atoms with E-state index < -0.39 is 78.7 Å². The van der Waals surface area contributed by atoms with Crippen molar-refractivity contribution < 1.29 is 49.2 Å². The number of nitrogens with two attached hydrogens (primary N) is 1. The molecule has 0 aliphatic heterocycles. The highest BCUT2D eigenvalue weighted by Gasteiger charge is 2.31. The van der Waals surface area contributed by atoms with Crippen LogP contribution in [0.4, 0.5) is 0 Å². The number of hydrogen-bond donors (Lipinski definition) is 8. The second kappa shape index (κ2) is 11.6. The molecule has 0 aliphatic carbocycles. The predicted molar refractivity (Wildman–Crippen MR) is 93.3 cm³/mol. The van der Waals surface area contributed by atoms with Gasteiger partial charge in [0.05, 0.1) is 18.9 Å². The number of rotatable bonds is 12. The number of amides is 3. The van der Waals surface area contributed by atoms with Gasteiger partial charge in [0.25, 0.3) is 0 Å². The maximum absolute atomic E-state index is 12.2. The maximum atomic E-state index is 12.2. The van der Waals surface area contributed by atoms with E-state index in [9.17, 15) is 33.9 Å². The smallest absolute Gasteiger partial charge is 0.326 e. The van der Waals surface area contributed by atoms with Crippen molar-refractivity contribution in [2.24, 2.45) is 5.73 Å². The van der Waals surface area contributed by atoms with Gasteiger partial charge in [-0.25, -0.2) is 4.79 Å². The summed E-state index contributed by atoms with van der Waals surface area (Å²) in [6.07, 6.45) is -3.05. The van der Waals surface area contributed by atoms with Crippen LogP contribution in [0.5, 0.6) is 0 Å². The Hall–Kier alpha value is -3.26. The van der Waals surface area contributed by atoms with Gasteiger partial charge in [0.1, 0.15) is 24.2 Å². The number of nitrogens with one attached hydrogen (secondary N) is 3. The molecular weight excluding hydrogens is 396 g/mol. The lowest BCUT2D eigenvalue weighted by atomic mass is 10.1. The van der Waals surface area contributed by atoms with Crippen molar-refractivity contribution in [2.75, 3.05) is 0 Å². The SMILES string of the molecule is CC(NC(=O)C(CC(=O)O)NC(=O)C(N)C(C)O)C(=O)NC(CC(=O)O)C(=O)O. The number of aliphatic hydroxyl groups is 1. The van der Waals surface area contributed by atoms with Gasteiger partial charge in [-0.15, -0.1) is 0 Å². The van der Waals surface area contributed by atoms with E-state index in [2.05, 4.69) is 5.32 Å². The fourth-order valence-corrected chi connectivity index (χ4v) is 1.92. The minimum absolute atomic E-state index is 0.866. The van der Waals surface area contributed by atoms with Crippen LogP contribution < -0.4 is 21.7 Å². The standard InChI is InChI=1S/C15H24N4O10/c1-5(12(25)19-8(15(28)29)4-10(23)24)17-13(26)7(3-9(21)22)18-14(27)11(16)6(2)20/h5-8,11,20H,3-4,16H2,1-2H3,(H,17,26)(H,18,27)(H,19,25)(H,21,22)(H,23,24)(H,28,29). The lowest BCUT2D eigenvalue weighted by Crippen LogP contribution is -2.58. The molecule has 0 fully saturated rings. The summed E-state index contributed by atoms with van der Waals surface area (Å²) in [6, 6.07) is -6.23. The van der Waals surface area contributed by atoms with Crippen LogP contribution in [0.15, 0.2) is 0 Å². The Morgan fingerprint density at radius 3 is 1.62 bits per heavy atom. The Bertz CT molecular complexity index is 665. The summed E-state index contributed by atoms with van der Waals surface area (Å²) in [5.41, 5.74) is 5.40. The van der Waals surface area contributed by atoms with Gasteiger partial charge in [0.2, 0.25) is 17.7 Å². The van der Waals surface area contributed by atoms with Gasteiger partial charge in [-0.3, -0.25) is 24.0 Å². The Labute approximate surface area is 164 Å². The van der Waals surface area contributed by atoms with Crippen LogP contribution in [0.25, 0.3) is 0 Å². The lowest BCUT2D eigenvalue weighted by molar-refractivity contribution is -0.147. The highest BCUT2D eigenvalue weighted by Crippen LogP contribution is 1.99. The molecule has 5 atom stereocenters. The first kappa shape index (κ1) is 25.7. The van der Waals surface area contributed by atoms with Gasteiger partial charge in [0.15, 0.2) is 0 Å². The largest absolute Gasteiger partial charge is 0.481 e. The molecule has 3 amide bonds. The van der Waals surface area contributed by atoms with Gasteiger partial charge in [0, 0.05) is 0 Å². The van der Waals surface area contributed by atoms with E-state index in [1.165, 1.54) is 6.92 Å². The van der Waals surface area contributed by atoms with Crippen LogP contribution in [-0.4, -0.2) is 86.3 Å². The molecule has 0 aromatic heterocycles. The van der Waals surface area contributed by atoms with Gasteiger partial charge in [-0.05, 0) is 13.8 Å². The zero-order chi connectivity index (χ0) is 22.9. The zero-order valence-corrected chi connectivity index (χ0v) is 15.6. The topological polar surface area (TPSA) is 245 Å². The third-order valence-electron chi connectivity index (χ3n) is 3.58. The molecule has 0 aromatic carbocycles. The Balaban J connectivity index is 5.11. The molecule has 0 saturated heterocycles. The monoisotopic (exact) mass is 420 g/mol.